The van der Waals surface area contributed by atoms with Gasteiger partial charge in [0.1, 0.15) is 18.2 Å². The molecule has 112 valence electrons. The monoisotopic (exact) mass is 278 g/mol. The second-order valence-corrected chi connectivity index (χ2v) is 5.82. The molecular weight excluding hydrogens is 252 g/mol. The molecule has 5 nitrogen and oxygen atoms in total. The van der Waals surface area contributed by atoms with Crippen LogP contribution < -0.4 is 10.2 Å². The molecule has 20 heavy (non-hydrogen) atoms. The number of hydrogen-bond donors (Lipinski definition) is 1. The van der Waals surface area contributed by atoms with E-state index < -0.39 is 0 Å². The van der Waals surface area contributed by atoms with Gasteiger partial charge >= 0.3 is 0 Å². The first-order valence-corrected chi connectivity index (χ1v) is 7.45. The van der Waals surface area contributed by atoms with Crippen LogP contribution in [-0.4, -0.2) is 36.7 Å². The molecule has 1 heterocycles. The third-order valence-corrected chi connectivity index (χ3v) is 3.52. The van der Waals surface area contributed by atoms with E-state index in [1.54, 1.807) is 7.11 Å². The Hall–Kier alpha value is -1.36. The maximum absolute atomic E-state index is 5.17. The number of nitrogens with one attached hydrogen (secondary N) is 1. The molecule has 0 aliphatic heterocycles. The molecule has 1 N–H and O–H groups in total. The van der Waals surface area contributed by atoms with Crippen molar-refractivity contribution in [2.24, 2.45) is 5.92 Å². The topological polar surface area (TPSA) is 50.3 Å². The molecule has 0 aromatic carbocycles. The van der Waals surface area contributed by atoms with E-state index in [1.165, 1.54) is 19.3 Å². The van der Waals surface area contributed by atoms with Crippen molar-refractivity contribution < 1.29 is 4.74 Å². The van der Waals surface area contributed by atoms with E-state index in [-0.39, 0.29) is 0 Å². The SMILES string of the molecule is CNc1cc(N(CCC(C)C)C2CC2)nc(COC)n1. The van der Waals surface area contributed by atoms with Gasteiger partial charge in [0.2, 0.25) is 0 Å². The van der Waals surface area contributed by atoms with Gasteiger partial charge in [-0.25, -0.2) is 9.97 Å². The Bertz CT molecular complexity index is 432. The first kappa shape index (κ1) is 15.0. The molecule has 1 fully saturated rings. The normalized spacial score (nSPS) is 14.7. The molecule has 5 heteroatoms. The van der Waals surface area contributed by atoms with E-state index in [0.29, 0.717) is 18.6 Å². The fourth-order valence-corrected chi connectivity index (χ4v) is 2.22. The molecule has 0 unspecified atom stereocenters. The van der Waals surface area contributed by atoms with E-state index in [4.69, 9.17) is 4.74 Å². The summed E-state index contributed by atoms with van der Waals surface area (Å²) in [6.07, 6.45) is 3.74. The van der Waals surface area contributed by atoms with Crippen LogP contribution in [-0.2, 0) is 11.3 Å². The largest absolute Gasteiger partial charge is 0.377 e. The number of nitrogens with zero attached hydrogens (tertiary/aromatic N) is 3. The molecule has 0 saturated heterocycles. The number of hydrogen-bond acceptors (Lipinski definition) is 5. The van der Waals surface area contributed by atoms with Crippen LogP contribution in [0.25, 0.3) is 0 Å². The zero-order valence-corrected chi connectivity index (χ0v) is 13.0. The summed E-state index contributed by atoms with van der Waals surface area (Å²) in [7, 11) is 3.56. The van der Waals surface area contributed by atoms with Crippen molar-refractivity contribution >= 4 is 11.6 Å². The minimum atomic E-state index is 0.450. The Morgan fingerprint density at radius 3 is 2.70 bits per heavy atom. The number of ether oxygens (including phenoxy) is 1. The van der Waals surface area contributed by atoms with Gasteiger partial charge in [0.15, 0.2) is 5.82 Å². The minimum absolute atomic E-state index is 0.450. The Kier molecular flexibility index (Phi) is 5.17. The molecule has 1 saturated carbocycles. The molecule has 1 aromatic heterocycles. The van der Waals surface area contributed by atoms with Crippen molar-refractivity contribution in [3.63, 3.8) is 0 Å². The summed E-state index contributed by atoms with van der Waals surface area (Å²) >= 11 is 0. The third kappa shape index (κ3) is 4.07. The minimum Gasteiger partial charge on any atom is -0.377 e. The molecule has 1 aliphatic carbocycles. The Morgan fingerprint density at radius 2 is 2.15 bits per heavy atom. The van der Waals surface area contributed by atoms with E-state index in [0.717, 1.165) is 24.0 Å². The van der Waals surface area contributed by atoms with Gasteiger partial charge in [0.05, 0.1) is 0 Å². The van der Waals surface area contributed by atoms with Crippen LogP contribution in [0.15, 0.2) is 6.07 Å². The summed E-state index contributed by atoms with van der Waals surface area (Å²) in [5.41, 5.74) is 0. The van der Waals surface area contributed by atoms with Gasteiger partial charge in [-0.2, -0.15) is 0 Å². The van der Waals surface area contributed by atoms with E-state index in [2.05, 4.69) is 34.0 Å². The third-order valence-electron chi connectivity index (χ3n) is 3.52. The zero-order valence-electron chi connectivity index (χ0n) is 13.0. The standard InChI is InChI=1S/C15H26N4O/c1-11(2)7-8-19(12-5-6-12)15-9-13(16-3)17-14(18-15)10-20-4/h9,11-12H,5-8,10H2,1-4H3,(H,16,17,18). The Balaban J connectivity index is 2.19. The summed E-state index contributed by atoms with van der Waals surface area (Å²) in [5, 5.41) is 3.11. The van der Waals surface area contributed by atoms with Crippen molar-refractivity contribution in [3.05, 3.63) is 11.9 Å². The van der Waals surface area contributed by atoms with Crippen molar-refractivity contribution in [1.29, 1.82) is 0 Å². The average Bonchev–Trinajstić information content (AvgIpc) is 3.23. The summed E-state index contributed by atoms with van der Waals surface area (Å²) < 4.78 is 5.17. The molecular formula is C15H26N4O. The lowest BCUT2D eigenvalue weighted by Crippen LogP contribution is -2.29. The number of methoxy groups -OCH3 is 1. The van der Waals surface area contributed by atoms with Gasteiger partial charge in [0, 0.05) is 32.8 Å². The van der Waals surface area contributed by atoms with Gasteiger partial charge in [0.25, 0.3) is 0 Å². The Morgan fingerprint density at radius 1 is 1.40 bits per heavy atom. The maximum atomic E-state index is 5.17. The highest BCUT2D eigenvalue weighted by molar-refractivity contribution is 5.50. The van der Waals surface area contributed by atoms with Crippen LogP contribution >= 0.6 is 0 Å². The van der Waals surface area contributed by atoms with E-state index in [9.17, 15) is 0 Å². The van der Waals surface area contributed by atoms with Crippen LogP contribution in [0.3, 0.4) is 0 Å². The molecule has 1 aromatic rings. The average molecular weight is 278 g/mol. The maximum Gasteiger partial charge on any atom is 0.158 e. The molecule has 0 spiro atoms. The highest BCUT2D eigenvalue weighted by Gasteiger charge is 2.30. The summed E-state index contributed by atoms with van der Waals surface area (Å²) in [5.74, 6) is 3.33. The van der Waals surface area contributed by atoms with Gasteiger partial charge in [-0.3, -0.25) is 0 Å². The van der Waals surface area contributed by atoms with Crippen molar-refractivity contribution in [3.8, 4) is 0 Å². The predicted octanol–water partition coefficient (Wildman–Crippen LogP) is 2.68. The molecule has 1 aliphatic rings. The fraction of sp³-hybridized carbons (Fsp3) is 0.733. The molecule has 0 atom stereocenters. The molecule has 2 rings (SSSR count). The van der Waals surface area contributed by atoms with E-state index >= 15 is 0 Å². The second kappa shape index (κ2) is 6.88. The Labute approximate surface area is 121 Å². The lowest BCUT2D eigenvalue weighted by Gasteiger charge is -2.25. The summed E-state index contributed by atoms with van der Waals surface area (Å²) in [6, 6.07) is 2.70. The van der Waals surface area contributed by atoms with Crippen molar-refractivity contribution in [2.75, 3.05) is 30.9 Å². The number of rotatable bonds is 8. The summed E-state index contributed by atoms with van der Waals surface area (Å²) in [4.78, 5) is 11.5. The van der Waals surface area contributed by atoms with Crippen LogP contribution in [0.5, 0.6) is 0 Å². The zero-order chi connectivity index (χ0) is 14.5. The molecule has 0 amide bonds. The smallest absolute Gasteiger partial charge is 0.158 e. The van der Waals surface area contributed by atoms with Gasteiger partial charge in [-0.05, 0) is 25.2 Å². The highest BCUT2D eigenvalue weighted by atomic mass is 16.5. The van der Waals surface area contributed by atoms with Gasteiger partial charge in [-0.15, -0.1) is 0 Å². The van der Waals surface area contributed by atoms with Crippen LogP contribution in [0.2, 0.25) is 0 Å². The van der Waals surface area contributed by atoms with Crippen LogP contribution in [0.1, 0.15) is 38.9 Å². The molecule has 0 radical (unpaired) electrons. The van der Waals surface area contributed by atoms with Crippen molar-refractivity contribution in [1.82, 2.24) is 9.97 Å². The first-order valence-electron chi connectivity index (χ1n) is 7.45. The quantitative estimate of drug-likeness (QED) is 0.792. The second-order valence-electron chi connectivity index (χ2n) is 5.82. The van der Waals surface area contributed by atoms with Crippen LogP contribution in [0.4, 0.5) is 11.6 Å². The van der Waals surface area contributed by atoms with E-state index in [1.807, 2.05) is 13.1 Å². The van der Waals surface area contributed by atoms with Gasteiger partial charge < -0.3 is 15.0 Å². The van der Waals surface area contributed by atoms with Crippen LogP contribution in [0, 0.1) is 5.92 Å². The molecule has 0 bridgehead atoms. The van der Waals surface area contributed by atoms with Gasteiger partial charge in [-0.1, -0.05) is 13.8 Å². The van der Waals surface area contributed by atoms with Crippen molar-refractivity contribution in [2.45, 2.75) is 45.8 Å². The number of aromatic nitrogens is 2. The lowest BCUT2D eigenvalue weighted by molar-refractivity contribution is 0.178. The summed E-state index contributed by atoms with van der Waals surface area (Å²) in [6.45, 7) is 6.04. The lowest BCUT2D eigenvalue weighted by atomic mass is 10.1. The predicted molar refractivity (Wildman–Crippen MR) is 82.1 cm³/mol. The highest BCUT2D eigenvalue weighted by Crippen LogP contribution is 2.32. The number of anilines is 2. The fourth-order valence-electron chi connectivity index (χ4n) is 2.22. The first-order chi connectivity index (χ1) is 9.63.